The summed E-state index contributed by atoms with van der Waals surface area (Å²) in [6.45, 7) is 18.9. The number of rotatable bonds is 8. The van der Waals surface area contributed by atoms with Crippen molar-refractivity contribution in [3.63, 3.8) is 0 Å². The van der Waals surface area contributed by atoms with E-state index in [0.717, 1.165) is 32.7 Å². The van der Waals surface area contributed by atoms with Crippen molar-refractivity contribution in [2.45, 2.75) is 71.5 Å². The molecule has 1 amide bonds. The van der Waals surface area contributed by atoms with Crippen LogP contribution in [0, 0.1) is 12.8 Å². The van der Waals surface area contributed by atoms with Crippen molar-refractivity contribution in [1.82, 2.24) is 4.57 Å². The number of hydrogen-bond acceptors (Lipinski definition) is 3. The first-order chi connectivity index (χ1) is 16.1. The second-order valence-electron chi connectivity index (χ2n) is 7.73. The van der Waals surface area contributed by atoms with Crippen LogP contribution in [0.3, 0.4) is 0 Å². The average Bonchev–Trinajstić information content (AvgIpc) is 3.02. The number of aryl methyl sites for hydroxylation is 1. The third kappa shape index (κ3) is 12.4. The van der Waals surface area contributed by atoms with Crippen LogP contribution >= 0.6 is 35.0 Å². The summed E-state index contributed by atoms with van der Waals surface area (Å²) in [6, 6.07) is 7.41. The second-order valence-corrected chi connectivity index (χ2v) is 9.67. The number of aromatic nitrogens is 1. The van der Waals surface area contributed by atoms with Gasteiger partial charge >= 0.3 is 6.09 Å². The van der Waals surface area contributed by atoms with E-state index in [1.54, 1.807) is 23.9 Å². The van der Waals surface area contributed by atoms with E-state index in [4.69, 9.17) is 33.7 Å². The van der Waals surface area contributed by atoms with Crippen molar-refractivity contribution >= 4 is 41.1 Å². The van der Waals surface area contributed by atoms with Crippen LogP contribution in [0.1, 0.15) is 52.8 Å². The lowest BCUT2D eigenvalue weighted by molar-refractivity contribution is 0.147. The molecule has 2 N–H and O–H groups in total. The summed E-state index contributed by atoms with van der Waals surface area (Å²) >= 11 is 13.8. The largest absolute Gasteiger partial charge is 0.443 e. The minimum atomic E-state index is -0.809. The Labute approximate surface area is 219 Å². The Morgan fingerprint density at radius 2 is 1.74 bits per heavy atom. The van der Waals surface area contributed by atoms with Crippen LogP contribution in [0.5, 0.6) is 0 Å². The normalized spacial score (nSPS) is 10.9. The van der Waals surface area contributed by atoms with Crippen LogP contribution < -0.4 is 5.73 Å². The molecule has 1 aromatic carbocycles. The van der Waals surface area contributed by atoms with Crippen molar-refractivity contribution in [3.05, 3.63) is 82.0 Å². The molecule has 2 aromatic rings. The SMILES string of the molecule is C=C/C=C(\C=C/C)Cn1c(COC(N)=O)cc(C)c1Sc1cc(Cl)cc(Cl)c1.CC.CC(C)C. The molecule has 0 aliphatic carbocycles. The number of ether oxygens (including phenoxy) is 1. The highest BCUT2D eigenvalue weighted by molar-refractivity contribution is 7.99. The molecule has 7 heteroatoms. The fourth-order valence-electron chi connectivity index (χ4n) is 2.71. The molecular weight excluding hydrogens is 487 g/mol. The summed E-state index contributed by atoms with van der Waals surface area (Å²) in [5.41, 5.74) is 8.09. The number of nitrogens with zero attached hydrogens (tertiary/aromatic N) is 1. The Hall–Kier alpha value is -2.08. The standard InChI is InChI=1S/C21H22Cl2N2O2S.C4H10.C2H6/c1-4-6-15(7-5-2)12-25-18(13-27-21(24)26)8-14(3)20(25)28-19-10-16(22)9-17(23)11-19;1-4(2)3;1-2/h4-11H,1,12-13H2,2-3H3,(H2,24,26);4H,1-3H3;1-2H3/b7-5-,15-6+;;. The number of primary amides is 1. The zero-order chi connectivity index (χ0) is 26.3. The third-order valence-electron chi connectivity index (χ3n) is 3.78. The zero-order valence-corrected chi connectivity index (χ0v) is 23.7. The molecule has 0 atom stereocenters. The fraction of sp³-hybridized carbons (Fsp3) is 0.370. The lowest BCUT2D eigenvalue weighted by Gasteiger charge is -2.15. The van der Waals surface area contributed by atoms with E-state index >= 15 is 0 Å². The van der Waals surface area contributed by atoms with Crippen LogP contribution in [0.4, 0.5) is 4.79 Å². The molecule has 0 radical (unpaired) electrons. The number of halogens is 2. The van der Waals surface area contributed by atoms with Gasteiger partial charge in [0.2, 0.25) is 0 Å². The van der Waals surface area contributed by atoms with Gasteiger partial charge in [0.15, 0.2) is 0 Å². The number of carbonyl (C=O) groups is 1. The van der Waals surface area contributed by atoms with Gasteiger partial charge in [0.05, 0.1) is 10.7 Å². The van der Waals surface area contributed by atoms with Crippen LogP contribution in [-0.2, 0) is 17.9 Å². The first-order valence-electron chi connectivity index (χ1n) is 11.3. The Morgan fingerprint density at radius 1 is 1.18 bits per heavy atom. The van der Waals surface area contributed by atoms with E-state index in [9.17, 15) is 4.79 Å². The molecule has 0 aliphatic rings. The number of benzene rings is 1. The maximum Gasteiger partial charge on any atom is 0.404 e. The molecule has 188 valence electrons. The van der Waals surface area contributed by atoms with Crippen LogP contribution in [0.25, 0.3) is 0 Å². The van der Waals surface area contributed by atoms with Crippen LogP contribution in [0.15, 0.2) is 70.6 Å². The summed E-state index contributed by atoms with van der Waals surface area (Å²) in [5, 5.41) is 2.15. The zero-order valence-electron chi connectivity index (χ0n) is 21.3. The highest BCUT2D eigenvalue weighted by Gasteiger charge is 2.16. The van der Waals surface area contributed by atoms with Crippen molar-refractivity contribution in [1.29, 1.82) is 0 Å². The minimum Gasteiger partial charge on any atom is -0.443 e. The maximum absolute atomic E-state index is 11.1. The predicted octanol–water partition coefficient (Wildman–Crippen LogP) is 9.23. The topological polar surface area (TPSA) is 57.2 Å². The van der Waals surface area contributed by atoms with Crippen LogP contribution in [-0.4, -0.2) is 10.7 Å². The number of carbonyl (C=O) groups excluding carboxylic acids is 1. The Bertz CT molecular complexity index is 956. The molecule has 0 aliphatic heterocycles. The first kappa shape index (κ1) is 31.9. The van der Waals surface area contributed by atoms with E-state index in [1.165, 1.54) is 0 Å². The number of hydrogen-bond donors (Lipinski definition) is 1. The highest BCUT2D eigenvalue weighted by Crippen LogP contribution is 2.36. The van der Waals surface area contributed by atoms with Gasteiger partial charge in [0.25, 0.3) is 0 Å². The van der Waals surface area contributed by atoms with Crippen LogP contribution in [0.2, 0.25) is 10.0 Å². The molecule has 0 saturated carbocycles. The lowest BCUT2D eigenvalue weighted by atomic mass is 10.2. The van der Waals surface area contributed by atoms with Crippen molar-refractivity contribution in [3.8, 4) is 0 Å². The molecule has 0 spiro atoms. The number of nitrogens with two attached hydrogens (primary N) is 1. The van der Waals surface area contributed by atoms with Crippen molar-refractivity contribution in [2.75, 3.05) is 0 Å². The molecule has 1 aromatic heterocycles. The average molecular weight is 526 g/mol. The maximum atomic E-state index is 11.1. The smallest absolute Gasteiger partial charge is 0.404 e. The summed E-state index contributed by atoms with van der Waals surface area (Å²) in [4.78, 5) is 12.0. The first-order valence-corrected chi connectivity index (χ1v) is 12.8. The van der Waals surface area contributed by atoms with Gasteiger partial charge in [-0.1, -0.05) is 100 Å². The van der Waals surface area contributed by atoms with E-state index in [-0.39, 0.29) is 6.61 Å². The molecule has 34 heavy (non-hydrogen) atoms. The monoisotopic (exact) mass is 524 g/mol. The second kappa shape index (κ2) is 17.4. The molecule has 1 heterocycles. The van der Waals surface area contributed by atoms with Gasteiger partial charge in [-0.3, -0.25) is 0 Å². The molecule has 0 saturated heterocycles. The minimum absolute atomic E-state index is 0.0875. The van der Waals surface area contributed by atoms with Crippen molar-refractivity contribution in [2.24, 2.45) is 11.7 Å². The molecular formula is C27H38Cl2N2O2S. The molecule has 0 bridgehead atoms. The summed E-state index contributed by atoms with van der Waals surface area (Å²) < 4.78 is 7.13. The highest BCUT2D eigenvalue weighted by atomic mass is 35.5. The molecule has 0 unspecified atom stereocenters. The quantitative estimate of drug-likeness (QED) is 0.350. The fourth-order valence-corrected chi connectivity index (χ4v) is 4.48. The van der Waals surface area contributed by atoms with Gasteiger partial charge in [-0.05, 0) is 55.2 Å². The Morgan fingerprint density at radius 3 is 2.21 bits per heavy atom. The summed E-state index contributed by atoms with van der Waals surface area (Å²) in [7, 11) is 0. The molecule has 4 nitrogen and oxygen atoms in total. The molecule has 0 fully saturated rings. The van der Waals surface area contributed by atoms with Gasteiger partial charge in [0.1, 0.15) is 6.61 Å². The Balaban J connectivity index is 0.00000164. The Kier molecular flexibility index (Phi) is 16.3. The van der Waals surface area contributed by atoms with Gasteiger partial charge in [-0.25, -0.2) is 4.79 Å². The summed E-state index contributed by atoms with van der Waals surface area (Å²) in [5.74, 6) is 0.833. The van der Waals surface area contributed by atoms with Gasteiger partial charge < -0.3 is 15.0 Å². The number of allylic oxidation sites excluding steroid dienone is 5. The predicted molar refractivity (Wildman–Crippen MR) is 149 cm³/mol. The van der Waals surface area contributed by atoms with Crippen molar-refractivity contribution < 1.29 is 9.53 Å². The number of amides is 1. The van der Waals surface area contributed by atoms with Gasteiger partial charge in [0, 0.05) is 21.5 Å². The van der Waals surface area contributed by atoms with E-state index in [2.05, 4.69) is 31.9 Å². The van der Waals surface area contributed by atoms with E-state index < -0.39 is 6.09 Å². The summed E-state index contributed by atoms with van der Waals surface area (Å²) in [6.07, 6.45) is 6.86. The van der Waals surface area contributed by atoms with E-state index in [0.29, 0.717) is 16.6 Å². The van der Waals surface area contributed by atoms with Gasteiger partial charge in [-0.2, -0.15) is 0 Å². The molecule has 2 rings (SSSR count). The van der Waals surface area contributed by atoms with E-state index in [1.807, 2.05) is 64.1 Å². The lowest BCUT2D eigenvalue weighted by Crippen LogP contribution is -2.15. The third-order valence-corrected chi connectivity index (χ3v) is 5.42. The van der Waals surface area contributed by atoms with Gasteiger partial charge in [-0.15, -0.1) is 0 Å².